The van der Waals surface area contributed by atoms with Gasteiger partial charge in [-0.3, -0.25) is 4.79 Å². The molecule has 0 atom stereocenters. The maximum atomic E-state index is 12.9. The van der Waals surface area contributed by atoms with Crippen LogP contribution in [0.2, 0.25) is 0 Å². The minimum atomic E-state index is -4.98. The number of hydrogen-bond acceptors (Lipinski definition) is 4. The second-order valence-electron chi connectivity index (χ2n) is 3.55. The zero-order valence-electron chi connectivity index (χ0n) is 10.3. The summed E-state index contributed by atoms with van der Waals surface area (Å²) in [5.74, 6) is -1.61. The molecule has 4 nitrogen and oxygen atoms in total. The Morgan fingerprint density at radius 1 is 1.45 bits per heavy atom. The van der Waals surface area contributed by atoms with E-state index in [9.17, 15) is 22.4 Å². The molecule has 112 valence electrons. The van der Waals surface area contributed by atoms with Gasteiger partial charge in [0.05, 0.1) is 13.0 Å². The lowest BCUT2D eigenvalue weighted by Gasteiger charge is -2.14. The third-order valence-electron chi connectivity index (χ3n) is 2.13. The summed E-state index contributed by atoms with van der Waals surface area (Å²) in [5, 5.41) is 0. The first kappa shape index (κ1) is 16.9. The summed E-state index contributed by atoms with van der Waals surface area (Å²) in [5.41, 5.74) is -0.347. The molecule has 1 rings (SSSR count). The van der Waals surface area contributed by atoms with Gasteiger partial charge in [0.1, 0.15) is 10.4 Å². The van der Waals surface area contributed by atoms with Crippen molar-refractivity contribution in [1.29, 1.82) is 0 Å². The van der Waals surface area contributed by atoms with Crippen molar-refractivity contribution in [3.63, 3.8) is 0 Å². The summed E-state index contributed by atoms with van der Waals surface area (Å²) >= 11 is 1.63. The fourth-order valence-electron chi connectivity index (χ4n) is 1.42. The largest absolute Gasteiger partial charge is 0.574 e. The number of pyridine rings is 1. The maximum Gasteiger partial charge on any atom is 0.574 e. The number of nitrogens with zero attached hydrogens (tertiary/aromatic N) is 1. The van der Waals surface area contributed by atoms with E-state index in [1.54, 1.807) is 29.5 Å². The van der Waals surface area contributed by atoms with Gasteiger partial charge in [-0.05, 0) is 41.1 Å². The van der Waals surface area contributed by atoms with Crippen molar-refractivity contribution >= 4 is 28.6 Å². The monoisotopic (exact) mass is 407 g/mol. The first-order chi connectivity index (χ1) is 9.26. The Kier molecular flexibility index (Phi) is 5.96. The van der Waals surface area contributed by atoms with Crippen LogP contribution in [-0.4, -0.2) is 23.9 Å². The van der Waals surface area contributed by atoms with Crippen LogP contribution >= 0.6 is 22.6 Å². The van der Waals surface area contributed by atoms with Crippen molar-refractivity contribution in [3.05, 3.63) is 20.9 Å². The highest BCUT2D eigenvalue weighted by Gasteiger charge is 2.34. The molecule has 0 aliphatic heterocycles. The molecule has 9 heteroatoms. The highest BCUT2D eigenvalue weighted by atomic mass is 127. The van der Waals surface area contributed by atoms with Crippen LogP contribution in [0.25, 0.3) is 0 Å². The molecule has 0 aromatic carbocycles. The number of rotatable bonds is 5. The van der Waals surface area contributed by atoms with E-state index < -0.39 is 31.3 Å². The smallest absolute Gasteiger partial charge is 0.466 e. The fraction of sp³-hybridized carbons (Fsp3) is 0.455. The van der Waals surface area contributed by atoms with Gasteiger partial charge in [0.25, 0.3) is 0 Å². The Morgan fingerprint density at radius 2 is 2.10 bits per heavy atom. The van der Waals surface area contributed by atoms with Crippen LogP contribution < -0.4 is 4.74 Å². The maximum absolute atomic E-state index is 12.9. The van der Waals surface area contributed by atoms with E-state index in [-0.39, 0.29) is 21.4 Å². The Hall–Kier alpha value is -1.13. The quantitative estimate of drug-likeness (QED) is 0.326. The van der Waals surface area contributed by atoms with Gasteiger partial charge in [0, 0.05) is 5.56 Å². The molecule has 0 aliphatic rings. The van der Waals surface area contributed by atoms with Crippen molar-refractivity contribution in [2.75, 3.05) is 6.61 Å². The molecule has 0 N–H and O–H groups in total. The number of alkyl halides is 4. The Labute approximate surface area is 125 Å². The summed E-state index contributed by atoms with van der Waals surface area (Å²) < 4.78 is 58.3. The lowest BCUT2D eigenvalue weighted by atomic mass is 10.1. The second-order valence-corrected chi connectivity index (χ2v) is 4.66. The summed E-state index contributed by atoms with van der Waals surface area (Å²) in [6, 6.07) is 1.25. The van der Waals surface area contributed by atoms with E-state index in [1.807, 2.05) is 0 Å². The summed E-state index contributed by atoms with van der Waals surface area (Å²) in [4.78, 5) is 14.9. The van der Waals surface area contributed by atoms with Gasteiger partial charge in [-0.2, -0.15) is 0 Å². The third-order valence-corrected chi connectivity index (χ3v) is 2.68. The SMILES string of the molecule is CCOC(=O)Cc1c(CF)cc(I)nc1OC(F)(F)F. The number of ether oxygens (including phenoxy) is 2. The van der Waals surface area contributed by atoms with E-state index in [1.165, 1.54) is 6.07 Å². The molecule has 0 radical (unpaired) electrons. The first-order valence-electron chi connectivity index (χ1n) is 5.42. The topological polar surface area (TPSA) is 48.4 Å². The van der Waals surface area contributed by atoms with Gasteiger partial charge in [-0.25, -0.2) is 9.37 Å². The molecule has 0 amide bonds. The lowest BCUT2D eigenvalue weighted by Crippen LogP contribution is -2.21. The molecule has 0 fully saturated rings. The molecule has 1 aromatic rings. The van der Waals surface area contributed by atoms with Crippen LogP contribution in [0.5, 0.6) is 5.88 Å². The average Bonchev–Trinajstić information content (AvgIpc) is 2.30. The molecular formula is C11H10F4INO3. The van der Waals surface area contributed by atoms with Crippen LogP contribution in [0.1, 0.15) is 18.1 Å². The van der Waals surface area contributed by atoms with Gasteiger partial charge >= 0.3 is 12.3 Å². The van der Waals surface area contributed by atoms with E-state index in [2.05, 4.69) is 14.5 Å². The van der Waals surface area contributed by atoms with Gasteiger partial charge in [-0.15, -0.1) is 13.2 Å². The van der Waals surface area contributed by atoms with Crippen LogP contribution in [0, 0.1) is 3.70 Å². The number of hydrogen-bond donors (Lipinski definition) is 0. The molecule has 20 heavy (non-hydrogen) atoms. The normalized spacial score (nSPS) is 11.3. The molecule has 0 saturated carbocycles. The van der Waals surface area contributed by atoms with E-state index in [4.69, 9.17) is 0 Å². The first-order valence-corrected chi connectivity index (χ1v) is 6.50. The predicted octanol–water partition coefficient (Wildman–Crippen LogP) is 3.16. The van der Waals surface area contributed by atoms with E-state index >= 15 is 0 Å². The average molecular weight is 407 g/mol. The van der Waals surface area contributed by atoms with E-state index in [0.29, 0.717) is 0 Å². The van der Waals surface area contributed by atoms with Crippen LogP contribution in [0.3, 0.4) is 0 Å². The van der Waals surface area contributed by atoms with Crippen LogP contribution in [-0.2, 0) is 22.6 Å². The second kappa shape index (κ2) is 7.04. The molecule has 0 bridgehead atoms. The van der Waals surface area contributed by atoms with E-state index in [0.717, 1.165) is 0 Å². The summed E-state index contributed by atoms with van der Waals surface area (Å²) in [7, 11) is 0. The van der Waals surface area contributed by atoms with Crippen molar-refractivity contribution in [3.8, 4) is 5.88 Å². The minimum Gasteiger partial charge on any atom is -0.466 e. The highest BCUT2D eigenvalue weighted by molar-refractivity contribution is 14.1. The summed E-state index contributed by atoms with van der Waals surface area (Å²) in [6.07, 6.45) is -5.52. The standard InChI is InChI=1S/C11H10F4INO3/c1-2-19-9(18)4-7-6(5-12)3-8(16)17-10(7)20-11(13,14)15/h3H,2,4-5H2,1H3. The summed E-state index contributed by atoms with van der Waals surface area (Å²) in [6.45, 7) is 0.575. The van der Waals surface area contributed by atoms with Crippen molar-refractivity contribution in [2.24, 2.45) is 0 Å². The molecular weight excluding hydrogens is 397 g/mol. The molecule has 0 unspecified atom stereocenters. The molecule has 1 heterocycles. The zero-order chi connectivity index (χ0) is 15.3. The molecule has 0 saturated heterocycles. The number of aromatic nitrogens is 1. The number of carbonyl (C=O) groups is 1. The third kappa shape index (κ3) is 5.10. The number of halogens is 5. The highest BCUT2D eigenvalue weighted by Crippen LogP contribution is 2.29. The zero-order valence-corrected chi connectivity index (χ0v) is 12.4. The lowest BCUT2D eigenvalue weighted by molar-refractivity contribution is -0.276. The molecule has 0 aliphatic carbocycles. The molecule has 1 aromatic heterocycles. The predicted molar refractivity (Wildman–Crippen MR) is 68.8 cm³/mol. The fourth-order valence-corrected chi connectivity index (χ4v) is 2.02. The van der Waals surface area contributed by atoms with Crippen molar-refractivity contribution in [1.82, 2.24) is 4.98 Å². The van der Waals surface area contributed by atoms with Crippen molar-refractivity contribution < 1.29 is 31.8 Å². The van der Waals surface area contributed by atoms with Gasteiger partial charge in [0.2, 0.25) is 5.88 Å². The molecule has 0 spiro atoms. The van der Waals surface area contributed by atoms with Crippen LogP contribution in [0.4, 0.5) is 17.6 Å². The minimum absolute atomic E-state index is 0.0665. The van der Waals surface area contributed by atoms with Crippen molar-refractivity contribution in [2.45, 2.75) is 26.4 Å². The van der Waals surface area contributed by atoms with Gasteiger partial charge < -0.3 is 9.47 Å². The number of esters is 1. The Bertz CT molecular complexity index is 493. The van der Waals surface area contributed by atoms with Gasteiger partial charge in [-0.1, -0.05) is 0 Å². The van der Waals surface area contributed by atoms with Crippen LogP contribution in [0.15, 0.2) is 6.07 Å². The number of carbonyl (C=O) groups excluding carboxylic acids is 1. The Morgan fingerprint density at radius 3 is 2.60 bits per heavy atom. The van der Waals surface area contributed by atoms with Gasteiger partial charge in [0.15, 0.2) is 0 Å². The Balaban J connectivity index is 3.18.